The second kappa shape index (κ2) is 8.78. The van der Waals surface area contributed by atoms with Gasteiger partial charge >= 0.3 is 0 Å². The van der Waals surface area contributed by atoms with Crippen LogP contribution in [0.4, 0.5) is 8.78 Å². The molecule has 1 N–H and O–H groups in total. The predicted octanol–water partition coefficient (Wildman–Crippen LogP) is 2.83. The van der Waals surface area contributed by atoms with Crippen LogP contribution in [0.25, 0.3) is 0 Å². The van der Waals surface area contributed by atoms with Gasteiger partial charge in [-0.15, -0.1) is 10.2 Å². The monoisotopic (exact) mass is 455 g/mol. The van der Waals surface area contributed by atoms with Gasteiger partial charge in [0.25, 0.3) is 5.91 Å². The molecule has 10 heteroatoms. The molecule has 1 atom stereocenters. The number of nitrogens with one attached hydrogen (secondary N) is 1. The number of ether oxygens (including phenoxy) is 2. The molecule has 172 valence electrons. The first-order valence-corrected chi connectivity index (χ1v) is 10.8. The summed E-state index contributed by atoms with van der Waals surface area (Å²) in [5.74, 6) is 0.792. The van der Waals surface area contributed by atoms with Crippen LogP contribution in [0.2, 0.25) is 0 Å². The van der Waals surface area contributed by atoms with Crippen molar-refractivity contribution in [2.75, 3.05) is 19.9 Å². The quantitative estimate of drug-likeness (QED) is 0.637. The summed E-state index contributed by atoms with van der Waals surface area (Å²) in [6.45, 7) is 4.99. The lowest BCUT2D eigenvalue weighted by molar-refractivity contribution is 0.0932. The number of nitrogens with zero attached hydrogens (tertiary/aromatic N) is 4. The van der Waals surface area contributed by atoms with Crippen LogP contribution in [0.5, 0.6) is 11.5 Å². The Morgan fingerprint density at radius 3 is 2.82 bits per heavy atom. The minimum atomic E-state index is -0.777. The molecule has 0 bridgehead atoms. The average molecular weight is 455 g/mol. The van der Waals surface area contributed by atoms with Gasteiger partial charge < -0.3 is 19.4 Å². The number of carbonyl (C=O) groups excluding carboxylic acids is 1. The molecule has 1 aromatic heterocycles. The van der Waals surface area contributed by atoms with Crippen molar-refractivity contribution in [3.63, 3.8) is 0 Å². The van der Waals surface area contributed by atoms with Gasteiger partial charge in [-0.3, -0.25) is 9.69 Å². The largest absolute Gasteiger partial charge is 0.454 e. The number of amides is 1. The zero-order chi connectivity index (χ0) is 22.9. The van der Waals surface area contributed by atoms with E-state index in [4.69, 9.17) is 9.47 Å². The summed E-state index contributed by atoms with van der Waals surface area (Å²) in [6, 6.07) is 8.23. The number of hydrogen-bond donors (Lipinski definition) is 1. The second-order valence-electron chi connectivity index (χ2n) is 8.16. The van der Waals surface area contributed by atoms with E-state index in [0.29, 0.717) is 18.8 Å². The SMILES string of the molecule is C[C@H](NC(=O)c1cc(F)ccc1F)c1nnc2n1CCN(Cc1ccc3c(c1)OCO3)CC2. The Balaban J connectivity index is 1.25. The highest BCUT2D eigenvalue weighted by atomic mass is 19.1. The molecule has 8 nitrogen and oxygen atoms in total. The number of benzene rings is 2. The van der Waals surface area contributed by atoms with E-state index < -0.39 is 23.6 Å². The molecule has 0 aliphatic carbocycles. The fourth-order valence-corrected chi connectivity index (χ4v) is 4.18. The third kappa shape index (κ3) is 4.38. The Bertz CT molecular complexity index is 1200. The van der Waals surface area contributed by atoms with E-state index in [1.54, 1.807) is 6.92 Å². The molecule has 0 saturated carbocycles. The normalized spacial score (nSPS) is 16.2. The van der Waals surface area contributed by atoms with Crippen molar-refractivity contribution >= 4 is 5.91 Å². The fraction of sp³-hybridized carbons (Fsp3) is 0.348. The average Bonchev–Trinajstić information content (AvgIpc) is 3.38. The lowest BCUT2D eigenvalue weighted by atomic mass is 10.1. The molecule has 0 spiro atoms. The van der Waals surface area contributed by atoms with Gasteiger partial charge in [0.15, 0.2) is 17.3 Å². The minimum absolute atomic E-state index is 0.250. The van der Waals surface area contributed by atoms with Crippen LogP contribution in [0.3, 0.4) is 0 Å². The third-order valence-corrected chi connectivity index (χ3v) is 5.90. The highest BCUT2D eigenvalue weighted by Crippen LogP contribution is 2.33. The van der Waals surface area contributed by atoms with E-state index in [9.17, 15) is 13.6 Å². The molecule has 2 aliphatic rings. The molecule has 0 fully saturated rings. The van der Waals surface area contributed by atoms with Crippen molar-refractivity contribution in [2.45, 2.75) is 32.5 Å². The molecular weight excluding hydrogens is 432 g/mol. The van der Waals surface area contributed by atoms with Crippen molar-refractivity contribution in [3.05, 3.63) is 70.8 Å². The standard InChI is InChI=1S/C23H23F2N5O3/c1-14(26-23(31)17-11-16(24)3-4-18(17)25)22-28-27-21-6-7-29(8-9-30(21)22)12-15-2-5-19-20(10-15)33-13-32-19/h2-5,10-11,14H,6-9,12-13H2,1H3,(H,26,31)/t14-/m0/s1. The van der Waals surface area contributed by atoms with E-state index in [-0.39, 0.29) is 12.4 Å². The topological polar surface area (TPSA) is 81.5 Å². The zero-order valence-corrected chi connectivity index (χ0v) is 18.1. The van der Waals surface area contributed by atoms with Gasteiger partial charge in [-0.2, -0.15) is 0 Å². The highest BCUT2D eigenvalue weighted by molar-refractivity contribution is 5.94. The summed E-state index contributed by atoms with van der Waals surface area (Å²) in [5, 5.41) is 11.3. The van der Waals surface area contributed by atoms with Crippen molar-refractivity contribution < 1.29 is 23.0 Å². The van der Waals surface area contributed by atoms with E-state index in [2.05, 4.69) is 20.4 Å². The summed E-state index contributed by atoms with van der Waals surface area (Å²) in [5.41, 5.74) is 0.794. The fourth-order valence-electron chi connectivity index (χ4n) is 4.18. The number of hydrogen-bond acceptors (Lipinski definition) is 6. The van der Waals surface area contributed by atoms with E-state index in [1.165, 1.54) is 0 Å². The maximum absolute atomic E-state index is 14.0. The van der Waals surface area contributed by atoms with Crippen LogP contribution in [-0.4, -0.2) is 45.5 Å². The first kappa shape index (κ1) is 21.3. The highest BCUT2D eigenvalue weighted by Gasteiger charge is 2.24. The summed E-state index contributed by atoms with van der Waals surface area (Å²) >= 11 is 0. The van der Waals surface area contributed by atoms with Crippen molar-refractivity contribution in [3.8, 4) is 11.5 Å². The molecule has 3 heterocycles. The van der Waals surface area contributed by atoms with Crippen LogP contribution >= 0.6 is 0 Å². The maximum atomic E-state index is 14.0. The lowest BCUT2D eigenvalue weighted by Gasteiger charge is -2.20. The Morgan fingerprint density at radius 2 is 1.94 bits per heavy atom. The van der Waals surface area contributed by atoms with Crippen LogP contribution in [0, 0.1) is 11.6 Å². The molecule has 2 aliphatic heterocycles. The third-order valence-electron chi connectivity index (χ3n) is 5.90. The second-order valence-corrected chi connectivity index (χ2v) is 8.16. The van der Waals surface area contributed by atoms with Gasteiger partial charge in [0.1, 0.15) is 17.5 Å². The lowest BCUT2D eigenvalue weighted by Crippen LogP contribution is -2.30. The van der Waals surface area contributed by atoms with Crippen LogP contribution in [0.1, 0.15) is 40.5 Å². The maximum Gasteiger partial charge on any atom is 0.254 e. The minimum Gasteiger partial charge on any atom is -0.454 e. The Labute approximate surface area is 189 Å². The zero-order valence-electron chi connectivity index (χ0n) is 18.1. The predicted molar refractivity (Wildman–Crippen MR) is 114 cm³/mol. The Hall–Kier alpha value is -3.53. The van der Waals surface area contributed by atoms with Crippen LogP contribution < -0.4 is 14.8 Å². The first-order valence-electron chi connectivity index (χ1n) is 10.8. The number of carbonyl (C=O) groups is 1. The van der Waals surface area contributed by atoms with Crippen molar-refractivity contribution in [2.24, 2.45) is 0 Å². The molecule has 33 heavy (non-hydrogen) atoms. The molecule has 5 rings (SSSR count). The van der Waals surface area contributed by atoms with Gasteiger partial charge in [-0.25, -0.2) is 8.78 Å². The molecule has 0 saturated heterocycles. The van der Waals surface area contributed by atoms with Gasteiger partial charge in [0, 0.05) is 32.6 Å². The van der Waals surface area contributed by atoms with Gasteiger partial charge in [0.05, 0.1) is 11.6 Å². The molecule has 2 aromatic carbocycles. The first-order chi connectivity index (χ1) is 16.0. The van der Waals surface area contributed by atoms with Crippen LogP contribution in [0.15, 0.2) is 36.4 Å². The van der Waals surface area contributed by atoms with E-state index in [0.717, 1.165) is 60.7 Å². The van der Waals surface area contributed by atoms with Crippen molar-refractivity contribution in [1.82, 2.24) is 25.0 Å². The molecule has 0 unspecified atom stereocenters. The molecule has 0 radical (unpaired) electrons. The van der Waals surface area contributed by atoms with E-state index >= 15 is 0 Å². The van der Waals surface area contributed by atoms with Crippen molar-refractivity contribution in [1.29, 1.82) is 0 Å². The number of fused-ring (bicyclic) bond motifs is 2. The van der Waals surface area contributed by atoms with Gasteiger partial charge in [-0.05, 0) is 42.8 Å². The molecule has 1 amide bonds. The summed E-state index contributed by atoms with van der Waals surface area (Å²) in [7, 11) is 0. The Morgan fingerprint density at radius 1 is 1.09 bits per heavy atom. The smallest absolute Gasteiger partial charge is 0.254 e. The van der Waals surface area contributed by atoms with Crippen LogP contribution in [-0.2, 0) is 19.5 Å². The Kier molecular flexibility index (Phi) is 5.67. The van der Waals surface area contributed by atoms with Gasteiger partial charge in [-0.1, -0.05) is 6.07 Å². The number of rotatable bonds is 5. The summed E-state index contributed by atoms with van der Waals surface area (Å²) in [4.78, 5) is 14.8. The molecular formula is C23H23F2N5O3. The summed E-state index contributed by atoms with van der Waals surface area (Å²) < 4.78 is 40.2. The summed E-state index contributed by atoms with van der Waals surface area (Å²) in [6.07, 6.45) is 0.705. The number of halogens is 2. The molecule has 3 aromatic rings. The van der Waals surface area contributed by atoms with E-state index in [1.807, 2.05) is 22.8 Å². The number of aromatic nitrogens is 3. The van der Waals surface area contributed by atoms with Gasteiger partial charge in [0.2, 0.25) is 6.79 Å².